The third-order valence-corrected chi connectivity index (χ3v) is 5.96. The van der Waals surface area contributed by atoms with E-state index in [-0.39, 0.29) is 0 Å². The summed E-state index contributed by atoms with van der Waals surface area (Å²) in [6, 6.07) is 11.0. The Morgan fingerprint density at radius 2 is 1.57 bits per heavy atom. The molecule has 0 bridgehead atoms. The Hall–Kier alpha value is -1.70. The molecule has 0 atom stereocenters. The molecule has 1 aliphatic heterocycles. The van der Waals surface area contributed by atoms with Gasteiger partial charge >= 0.3 is 129 Å². The standard InChI is InChI=1S/C18H16F2Se/c1-2-12-5-7-13(8-6-12)14-9-10-15(18(20)17(14)19)16-4-3-11-21-16/h3-11H,2,21H2,1H3. The normalized spacial score (nSPS) is 15.5. The quantitative estimate of drug-likeness (QED) is 0.728. The van der Waals surface area contributed by atoms with Gasteiger partial charge in [0.2, 0.25) is 0 Å². The van der Waals surface area contributed by atoms with Crippen molar-refractivity contribution in [3.8, 4) is 11.1 Å². The minimum atomic E-state index is -0.754. The number of aryl methyl sites for hydroxylation is 1. The second kappa shape index (κ2) is 5.97. The molecule has 1 aliphatic rings. The molecule has 21 heavy (non-hydrogen) atoms. The summed E-state index contributed by atoms with van der Waals surface area (Å²) in [7, 11) is 0. The van der Waals surface area contributed by atoms with Crippen LogP contribution in [0.3, 0.4) is 0 Å². The molecule has 0 saturated carbocycles. The van der Waals surface area contributed by atoms with E-state index in [2.05, 4.69) is 11.9 Å². The summed E-state index contributed by atoms with van der Waals surface area (Å²) < 4.78 is 29.6. The van der Waals surface area contributed by atoms with Gasteiger partial charge in [0.1, 0.15) is 0 Å². The zero-order valence-corrected chi connectivity index (χ0v) is 13.8. The molecule has 2 aromatic carbocycles. The van der Waals surface area contributed by atoms with Crippen LogP contribution < -0.4 is 0 Å². The van der Waals surface area contributed by atoms with Crippen LogP contribution in [0.4, 0.5) is 8.78 Å². The summed E-state index contributed by atoms with van der Waals surface area (Å²) in [6.45, 7) is 2.07. The van der Waals surface area contributed by atoms with Crippen molar-refractivity contribution < 1.29 is 8.78 Å². The van der Waals surface area contributed by atoms with E-state index in [9.17, 15) is 8.78 Å². The third kappa shape index (κ3) is 2.72. The monoisotopic (exact) mass is 350 g/mol. The number of halogens is 2. The van der Waals surface area contributed by atoms with Crippen molar-refractivity contribution in [2.24, 2.45) is 0 Å². The molecule has 0 unspecified atom stereocenters. The molecule has 0 aromatic heterocycles. The van der Waals surface area contributed by atoms with Crippen molar-refractivity contribution in [1.82, 2.24) is 0 Å². The second-order valence-electron chi connectivity index (χ2n) is 4.92. The molecule has 0 nitrogen and oxygen atoms in total. The Kier molecular flexibility index (Phi) is 4.05. The molecular weight excluding hydrogens is 333 g/mol. The molecule has 108 valence electrons. The summed E-state index contributed by atoms with van der Waals surface area (Å²) in [5, 5.41) is 0. The van der Waals surface area contributed by atoms with Crippen molar-refractivity contribution in [3.05, 3.63) is 76.3 Å². The Morgan fingerprint density at radius 3 is 2.19 bits per heavy atom. The SMILES string of the molecule is CCc1ccc(-c2ccc(C3=CC=C[SeH2]3)c(F)c2F)cc1. The zero-order chi connectivity index (χ0) is 14.8. The van der Waals surface area contributed by atoms with Crippen molar-refractivity contribution in [2.45, 2.75) is 13.3 Å². The molecular formula is C18H16F2Se. The van der Waals surface area contributed by atoms with Crippen LogP contribution in [-0.4, -0.2) is 15.0 Å². The van der Waals surface area contributed by atoms with Crippen molar-refractivity contribution >= 4 is 19.4 Å². The molecule has 3 rings (SSSR count). The maximum atomic E-state index is 14.4. The molecule has 3 heteroatoms. The van der Waals surface area contributed by atoms with E-state index in [4.69, 9.17) is 0 Å². The first-order valence-corrected chi connectivity index (χ1v) is 9.18. The van der Waals surface area contributed by atoms with Crippen molar-refractivity contribution in [2.75, 3.05) is 0 Å². The predicted octanol–water partition coefficient (Wildman–Crippen LogP) is 4.23. The van der Waals surface area contributed by atoms with E-state index in [1.807, 2.05) is 36.4 Å². The fraction of sp³-hybridized carbons (Fsp3) is 0.111. The summed E-state index contributed by atoms with van der Waals surface area (Å²) in [5.41, 5.74) is 2.63. The van der Waals surface area contributed by atoms with Crippen LogP contribution in [-0.2, 0) is 6.42 Å². The number of hydrogen-bond donors (Lipinski definition) is 0. The first kappa shape index (κ1) is 14.2. The summed E-state index contributed by atoms with van der Waals surface area (Å²) >= 11 is -0.464. The van der Waals surface area contributed by atoms with E-state index in [1.165, 1.54) is 5.56 Å². The van der Waals surface area contributed by atoms with Crippen LogP contribution in [0.5, 0.6) is 0 Å². The van der Waals surface area contributed by atoms with Gasteiger partial charge in [-0.05, 0) is 0 Å². The van der Waals surface area contributed by atoms with Gasteiger partial charge in [-0.2, -0.15) is 0 Å². The zero-order valence-electron chi connectivity index (χ0n) is 11.7. The average Bonchev–Trinajstić information content (AvgIpc) is 3.04. The van der Waals surface area contributed by atoms with E-state index < -0.39 is 26.6 Å². The number of rotatable bonds is 3. The Balaban J connectivity index is 2.02. The van der Waals surface area contributed by atoms with Gasteiger partial charge in [-0.3, -0.25) is 0 Å². The van der Waals surface area contributed by atoms with Crippen LogP contribution >= 0.6 is 0 Å². The van der Waals surface area contributed by atoms with E-state index in [0.717, 1.165) is 10.9 Å². The summed E-state index contributed by atoms with van der Waals surface area (Å²) in [4.78, 5) is 2.06. The van der Waals surface area contributed by atoms with Crippen LogP contribution in [0.2, 0.25) is 0 Å². The maximum absolute atomic E-state index is 14.4. The molecule has 1 heterocycles. The van der Waals surface area contributed by atoms with Crippen molar-refractivity contribution in [3.63, 3.8) is 0 Å². The molecule has 0 amide bonds. The van der Waals surface area contributed by atoms with Crippen molar-refractivity contribution in [1.29, 1.82) is 0 Å². The molecule has 0 spiro atoms. The third-order valence-electron chi connectivity index (χ3n) is 3.64. The van der Waals surface area contributed by atoms with Crippen LogP contribution in [0.25, 0.3) is 15.6 Å². The second-order valence-corrected chi connectivity index (χ2v) is 7.36. The fourth-order valence-corrected chi connectivity index (χ4v) is 4.31. The van der Waals surface area contributed by atoms with E-state index in [1.54, 1.807) is 12.1 Å². The first-order chi connectivity index (χ1) is 10.2. The number of allylic oxidation sites excluding steroid dienone is 2. The van der Waals surface area contributed by atoms with Gasteiger partial charge in [0.25, 0.3) is 0 Å². The van der Waals surface area contributed by atoms with Gasteiger partial charge in [0.05, 0.1) is 0 Å². The molecule has 2 aromatic rings. The Labute approximate surface area is 129 Å². The summed E-state index contributed by atoms with van der Waals surface area (Å²) in [6.07, 6.45) is 4.74. The van der Waals surface area contributed by atoms with Gasteiger partial charge in [0, 0.05) is 0 Å². The molecule has 0 saturated heterocycles. The molecule has 0 aliphatic carbocycles. The van der Waals surface area contributed by atoms with E-state index >= 15 is 0 Å². The molecule has 0 fully saturated rings. The van der Waals surface area contributed by atoms with Crippen LogP contribution in [0.1, 0.15) is 18.1 Å². The van der Waals surface area contributed by atoms with Crippen LogP contribution in [0, 0.1) is 11.6 Å². The Morgan fingerprint density at radius 1 is 0.905 bits per heavy atom. The first-order valence-electron chi connectivity index (χ1n) is 6.91. The number of benzene rings is 2. The van der Waals surface area contributed by atoms with Gasteiger partial charge < -0.3 is 0 Å². The predicted molar refractivity (Wildman–Crippen MR) is 86.8 cm³/mol. The van der Waals surface area contributed by atoms with Gasteiger partial charge in [-0.15, -0.1) is 0 Å². The Bertz CT molecular complexity index is 728. The van der Waals surface area contributed by atoms with E-state index in [0.29, 0.717) is 16.7 Å². The summed E-state index contributed by atoms with van der Waals surface area (Å²) in [5.74, 6) is -1.48. The van der Waals surface area contributed by atoms with Crippen LogP contribution in [0.15, 0.2) is 53.5 Å². The number of hydrogen-bond acceptors (Lipinski definition) is 0. The molecule has 0 radical (unpaired) electrons. The molecule has 0 N–H and O–H groups in total. The van der Waals surface area contributed by atoms with Gasteiger partial charge in [-0.25, -0.2) is 0 Å². The topological polar surface area (TPSA) is 0 Å². The van der Waals surface area contributed by atoms with Gasteiger partial charge in [0.15, 0.2) is 0 Å². The average molecular weight is 349 g/mol. The minimum absolute atomic E-state index is 0.324. The fourth-order valence-electron chi connectivity index (χ4n) is 2.40. The van der Waals surface area contributed by atoms with Gasteiger partial charge in [-0.1, -0.05) is 0 Å².